The van der Waals surface area contributed by atoms with E-state index in [2.05, 4.69) is 15.0 Å². The molecule has 6 nitrogen and oxygen atoms in total. The molecule has 1 aromatic rings. The van der Waals surface area contributed by atoms with E-state index in [1.165, 1.54) is 18.2 Å². The van der Waals surface area contributed by atoms with E-state index in [0.717, 1.165) is 24.9 Å². The summed E-state index contributed by atoms with van der Waals surface area (Å²) in [6.07, 6.45) is 2.16. The number of rotatable bonds is 1. The Morgan fingerprint density at radius 1 is 1.50 bits per heavy atom. The van der Waals surface area contributed by atoms with Crippen molar-refractivity contribution in [3.8, 4) is 0 Å². The van der Waals surface area contributed by atoms with Crippen LogP contribution in [0, 0.1) is 0 Å². The summed E-state index contributed by atoms with van der Waals surface area (Å²) >= 11 is 0. The van der Waals surface area contributed by atoms with Crippen molar-refractivity contribution in [2.75, 3.05) is 19.0 Å². The van der Waals surface area contributed by atoms with Crippen molar-refractivity contribution < 1.29 is 14.3 Å². The first-order valence-electron chi connectivity index (χ1n) is 6.55. The lowest BCUT2D eigenvalue weighted by atomic mass is 9.79. The third-order valence-electron chi connectivity index (χ3n) is 3.85. The highest BCUT2D eigenvalue weighted by Crippen LogP contribution is 2.35. The van der Waals surface area contributed by atoms with E-state index in [0.29, 0.717) is 6.61 Å². The van der Waals surface area contributed by atoms with Gasteiger partial charge in [0, 0.05) is 12.1 Å². The highest BCUT2D eigenvalue weighted by atomic mass is 16.5. The number of anilines is 1. The molecule has 3 rings (SSSR count). The molecule has 1 aliphatic heterocycles. The van der Waals surface area contributed by atoms with Crippen LogP contribution in [0.3, 0.4) is 0 Å². The first-order chi connectivity index (χ1) is 9.60. The van der Waals surface area contributed by atoms with Gasteiger partial charge in [-0.05, 0) is 36.1 Å². The van der Waals surface area contributed by atoms with Crippen molar-refractivity contribution in [2.24, 2.45) is 10.7 Å². The molecule has 1 heterocycles. The summed E-state index contributed by atoms with van der Waals surface area (Å²) in [6, 6.07) is 6.17. The molecule has 0 aromatic heterocycles. The zero-order valence-electron chi connectivity index (χ0n) is 11.3. The molecule has 6 heteroatoms. The van der Waals surface area contributed by atoms with Crippen molar-refractivity contribution in [3.05, 3.63) is 29.3 Å². The lowest BCUT2D eigenvalue weighted by Gasteiger charge is -2.30. The van der Waals surface area contributed by atoms with Crippen molar-refractivity contribution >= 4 is 17.8 Å². The van der Waals surface area contributed by atoms with Gasteiger partial charge in [0.15, 0.2) is 0 Å². The maximum atomic E-state index is 11.2. The van der Waals surface area contributed by atoms with Crippen LogP contribution in [0.1, 0.15) is 17.5 Å². The lowest BCUT2D eigenvalue weighted by molar-refractivity contribution is 0.187. The Labute approximate surface area is 117 Å². The molecule has 0 fully saturated rings. The fourth-order valence-corrected chi connectivity index (χ4v) is 2.81. The van der Waals surface area contributed by atoms with Crippen molar-refractivity contribution in [3.63, 3.8) is 0 Å². The zero-order valence-corrected chi connectivity index (χ0v) is 11.3. The number of nitrogens with one attached hydrogen (secondary N) is 1. The summed E-state index contributed by atoms with van der Waals surface area (Å²) < 4.78 is 9.89. The fraction of sp³-hybridized carbons (Fsp3) is 0.429. The molecule has 106 valence electrons. The quantitative estimate of drug-likeness (QED) is 0.812. The van der Waals surface area contributed by atoms with Gasteiger partial charge in [0.1, 0.15) is 12.1 Å². The minimum absolute atomic E-state index is 0.200. The van der Waals surface area contributed by atoms with Gasteiger partial charge in [-0.25, -0.2) is 9.79 Å². The number of methoxy groups -OCH3 is 1. The number of aliphatic imine (C=N–C) groups is 1. The Kier molecular flexibility index (Phi) is 3.00. The maximum Gasteiger partial charge on any atom is 0.411 e. The second-order valence-corrected chi connectivity index (χ2v) is 5.24. The summed E-state index contributed by atoms with van der Waals surface area (Å²) in [5.74, 6) is 0. The molecule has 1 atom stereocenters. The number of aryl methyl sites for hydroxylation is 1. The number of hydrogen-bond acceptors (Lipinski definition) is 5. The van der Waals surface area contributed by atoms with Crippen LogP contribution in [-0.2, 0) is 22.3 Å². The van der Waals surface area contributed by atoms with E-state index in [1.54, 1.807) is 0 Å². The van der Waals surface area contributed by atoms with Crippen LogP contribution in [0.15, 0.2) is 23.2 Å². The van der Waals surface area contributed by atoms with Gasteiger partial charge in [0.05, 0.1) is 7.11 Å². The summed E-state index contributed by atoms with van der Waals surface area (Å²) in [5, 5.41) is 2.68. The molecule has 1 aromatic carbocycles. The van der Waals surface area contributed by atoms with E-state index in [1.807, 2.05) is 18.2 Å². The van der Waals surface area contributed by atoms with Crippen molar-refractivity contribution in [1.29, 1.82) is 0 Å². The maximum absolute atomic E-state index is 11.2. The van der Waals surface area contributed by atoms with Gasteiger partial charge < -0.3 is 15.2 Å². The largest absolute Gasteiger partial charge is 0.463 e. The van der Waals surface area contributed by atoms with Crippen LogP contribution in [-0.4, -0.2) is 31.4 Å². The first kappa shape index (κ1) is 12.8. The number of fused-ring (bicyclic) bond motifs is 1. The highest BCUT2D eigenvalue weighted by molar-refractivity contribution is 5.84. The average Bonchev–Trinajstić information content (AvgIpc) is 2.80. The molecule has 0 bridgehead atoms. The number of hydrogen-bond donors (Lipinski definition) is 2. The summed E-state index contributed by atoms with van der Waals surface area (Å²) in [4.78, 5) is 15.7. The van der Waals surface area contributed by atoms with Gasteiger partial charge in [-0.1, -0.05) is 6.07 Å². The Morgan fingerprint density at radius 3 is 3.05 bits per heavy atom. The summed E-state index contributed by atoms with van der Waals surface area (Å²) in [5.41, 5.74) is 8.63. The number of carbonyl (C=O) groups excluding carboxylic acids is 1. The van der Waals surface area contributed by atoms with Gasteiger partial charge in [-0.3, -0.25) is 5.32 Å². The molecule has 0 saturated heterocycles. The highest BCUT2D eigenvalue weighted by Gasteiger charge is 2.39. The number of nitrogens with two attached hydrogens (primary N) is 1. The molecule has 2 aliphatic rings. The van der Waals surface area contributed by atoms with Gasteiger partial charge >= 0.3 is 6.09 Å². The molecule has 3 N–H and O–H groups in total. The number of nitrogens with zero attached hydrogens (tertiary/aromatic N) is 1. The Hall–Kier alpha value is -2.24. The van der Waals surface area contributed by atoms with Crippen LogP contribution in [0.2, 0.25) is 0 Å². The van der Waals surface area contributed by atoms with E-state index in [9.17, 15) is 4.79 Å². The Morgan fingerprint density at radius 2 is 2.35 bits per heavy atom. The number of amides is 1. The average molecular weight is 275 g/mol. The van der Waals surface area contributed by atoms with Crippen molar-refractivity contribution in [1.82, 2.24) is 0 Å². The van der Waals surface area contributed by atoms with E-state index in [4.69, 9.17) is 10.5 Å². The van der Waals surface area contributed by atoms with Gasteiger partial charge in [-0.15, -0.1) is 0 Å². The summed E-state index contributed by atoms with van der Waals surface area (Å²) in [6.45, 7) is 0.556. The van der Waals surface area contributed by atoms with Crippen LogP contribution >= 0.6 is 0 Å². The zero-order chi connectivity index (χ0) is 14.2. The van der Waals surface area contributed by atoms with Crippen LogP contribution < -0.4 is 11.1 Å². The monoisotopic (exact) mass is 275 g/mol. The van der Waals surface area contributed by atoms with Crippen LogP contribution in [0.4, 0.5) is 10.5 Å². The molecule has 1 unspecified atom stereocenters. The minimum Gasteiger partial charge on any atom is -0.463 e. The van der Waals surface area contributed by atoms with E-state index < -0.39 is 6.09 Å². The number of carbonyl (C=O) groups is 1. The Balaban J connectivity index is 1.81. The lowest BCUT2D eigenvalue weighted by Crippen LogP contribution is -2.35. The fourth-order valence-electron chi connectivity index (χ4n) is 2.81. The van der Waals surface area contributed by atoms with Gasteiger partial charge in [0.25, 0.3) is 6.02 Å². The third kappa shape index (κ3) is 2.29. The van der Waals surface area contributed by atoms with Gasteiger partial charge in [0.2, 0.25) is 0 Å². The molecule has 0 saturated carbocycles. The van der Waals surface area contributed by atoms with Gasteiger partial charge in [-0.2, -0.15) is 0 Å². The van der Waals surface area contributed by atoms with E-state index in [-0.39, 0.29) is 11.6 Å². The smallest absolute Gasteiger partial charge is 0.411 e. The molecule has 1 amide bonds. The third-order valence-corrected chi connectivity index (χ3v) is 3.85. The van der Waals surface area contributed by atoms with Crippen LogP contribution in [0.5, 0.6) is 0 Å². The topological polar surface area (TPSA) is 85.9 Å². The molecular weight excluding hydrogens is 258 g/mol. The van der Waals surface area contributed by atoms with E-state index >= 15 is 0 Å². The molecule has 20 heavy (non-hydrogen) atoms. The normalized spacial score (nSPS) is 23.8. The number of ether oxygens (including phenoxy) is 2. The number of amidine groups is 1. The molecular formula is C14H17N3O3. The second kappa shape index (κ2) is 4.70. The second-order valence-electron chi connectivity index (χ2n) is 5.24. The van der Waals surface area contributed by atoms with Crippen LogP contribution in [0.25, 0.3) is 0 Å². The molecule has 0 radical (unpaired) electrons. The predicted molar refractivity (Wildman–Crippen MR) is 74.8 cm³/mol. The first-order valence-corrected chi connectivity index (χ1v) is 6.55. The number of benzene rings is 1. The predicted octanol–water partition coefficient (Wildman–Crippen LogP) is 1.44. The van der Waals surface area contributed by atoms with Crippen molar-refractivity contribution in [2.45, 2.75) is 24.8 Å². The minimum atomic E-state index is -0.459. The SMILES string of the molecule is COC(=O)Nc1ccc2c(c1)CCC1(COC(N)=N1)C2. The Bertz CT molecular complexity index is 585. The standard InChI is InChI=1S/C14H17N3O3/c1-19-13(18)16-11-3-2-10-7-14(5-4-9(10)6-11)8-20-12(15)17-14/h2-3,6H,4-5,7-8H2,1H3,(H2,15,17)(H,16,18). The molecule has 1 spiro atoms. The molecule has 1 aliphatic carbocycles. The summed E-state index contributed by atoms with van der Waals surface area (Å²) in [7, 11) is 1.35.